The average Bonchev–Trinajstić information content (AvgIpc) is 3.14. The maximum Gasteiger partial charge on any atom is 0.363 e. The number of cyclic esters (lactones) is 1. The van der Waals surface area contributed by atoms with E-state index < -0.39 is 5.97 Å². The van der Waals surface area contributed by atoms with Gasteiger partial charge in [-0.05, 0) is 55.5 Å². The number of aliphatic imine (C=N–C) groups is 1. The first-order valence-electron chi connectivity index (χ1n) is 9.89. The highest BCUT2D eigenvalue weighted by Gasteiger charge is 2.24. The van der Waals surface area contributed by atoms with Crippen LogP contribution in [0.4, 0.5) is 0 Å². The third kappa shape index (κ3) is 5.31. The lowest BCUT2D eigenvalue weighted by atomic mass is 10.1. The number of halogens is 2. The molecule has 0 saturated heterocycles. The van der Waals surface area contributed by atoms with Crippen LogP contribution in [0.25, 0.3) is 6.08 Å². The van der Waals surface area contributed by atoms with Crippen LogP contribution in [-0.4, -0.2) is 25.1 Å². The molecule has 4 rings (SSSR count). The van der Waals surface area contributed by atoms with Gasteiger partial charge >= 0.3 is 5.97 Å². The van der Waals surface area contributed by atoms with E-state index in [1.807, 2.05) is 55.5 Å². The normalized spacial score (nSPS) is 14.3. The molecule has 1 heterocycles. The molecule has 0 amide bonds. The first kappa shape index (κ1) is 21.9. The zero-order valence-corrected chi connectivity index (χ0v) is 18.7. The Balaban J connectivity index is 1.47. The number of nitrogens with zero attached hydrogens (tertiary/aromatic N) is 1. The Kier molecular flexibility index (Phi) is 6.78. The number of carbonyl (C=O) groups excluding carboxylic acids is 1. The van der Waals surface area contributed by atoms with Crippen LogP contribution in [0.2, 0.25) is 10.0 Å². The second-order valence-electron chi connectivity index (χ2n) is 7.02. The number of carbonyl (C=O) groups is 1. The van der Waals surface area contributed by atoms with Crippen LogP contribution in [0.15, 0.2) is 77.4 Å². The predicted molar refractivity (Wildman–Crippen MR) is 126 cm³/mol. The van der Waals surface area contributed by atoms with Crippen molar-refractivity contribution in [2.24, 2.45) is 4.99 Å². The van der Waals surface area contributed by atoms with Gasteiger partial charge in [-0.15, -0.1) is 0 Å². The smallest absolute Gasteiger partial charge is 0.363 e. The molecular weight excluding hydrogens is 449 g/mol. The highest BCUT2D eigenvalue weighted by molar-refractivity contribution is 6.35. The van der Waals surface area contributed by atoms with Crippen LogP contribution in [0.3, 0.4) is 0 Å². The van der Waals surface area contributed by atoms with E-state index in [-0.39, 0.29) is 24.8 Å². The van der Waals surface area contributed by atoms with Crippen molar-refractivity contribution in [3.63, 3.8) is 0 Å². The number of esters is 1. The fraction of sp³-hybridized carbons (Fsp3) is 0.120. The third-order valence-electron chi connectivity index (χ3n) is 4.59. The number of aryl methyl sites for hydroxylation is 1. The average molecular weight is 468 g/mol. The van der Waals surface area contributed by atoms with Crippen LogP contribution in [0.1, 0.15) is 16.7 Å². The summed E-state index contributed by atoms with van der Waals surface area (Å²) in [6.07, 6.45) is 1.66. The number of hydrogen-bond donors (Lipinski definition) is 0. The largest absolute Gasteiger partial charge is 0.489 e. The molecule has 0 aromatic heterocycles. The first-order valence-corrected chi connectivity index (χ1v) is 10.6. The molecule has 162 valence electrons. The second-order valence-corrected chi connectivity index (χ2v) is 7.86. The summed E-state index contributed by atoms with van der Waals surface area (Å²) in [5, 5.41) is 0.976. The van der Waals surface area contributed by atoms with Gasteiger partial charge in [-0.2, -0.15) is 0 Å². The molecule has 3 aromatic rings. The molecular formula is C25H19Cl2NO4. The van der Waals surface area contributed by atoms with Crippen molar-refractivity contribution < 1.29 is 19.0 Å². The predicted octanol–water partition coefficient (Wildman–Crippen LogP) is 6.10. The maximum absolute atomic E-state index is 12.3. The highest BCUT2D eigenvalue weighted by atomic mass is 35.5. The van der Waals surface area contributed by atoms with Gasteiger partial charge in [0.25, 0.3) is 0 Å². The summed E-state index contributed by atoms with van der Waals surface area (Å²) < 4.78 is 16.9. The summed E-state index contributed by atoms with van der Waals surface area (Å²) >= 11 is 12.0. The van der Waals surface area contributed by atoms with E-state index in [1.165, 1.54) is 0 Å². The van der Waals surface area contributed by atoms with Gasteiger partial charge in [-0.25, -0.2) is 9.79 Å². The van der Waals surface area contributed by atoms with Crippen molar-refractivity contribution in [3.8, 4) is 11.5 Å². The SMILES string of the molecule is Cc1ccc(OCCOc2ccc(Cl)cc2Cl)c(C=C2N=C(c3ccccc3)OC2=O)c1. The Morgan fingerprint density at radius 1 is 0.938 bits per heavy atom. The van der Waals surface area contributed by atoms with E-state index in [2.05, 4.69) is 4.99 Å². The Morgan fingerprint density at radius 2 is 1.66 bits per heavy atom. The number of hydrogen-bond acceptors (Lipinski definition) is 5. The minimum Gasteiger partial charge on any atom is -0.489 e. The summed E-state index contributed by atoms with van der Waals surface area (Å²) in [6.45, 7) is 2.52. The standard InChI is InChI=1S/C25H19Cl2NO4/c1-16-7-9-22(30-11-12-31-23-10-8-19(26)15-20(23)27)18(13-16)14-21-25(29)32-24(28-21)17-5-3-2-4-6-17/h2-10,13-15H,11-12H2,1H3. The van der Waals surface area contributed by atoms with Crippen molar-refractivity contribution in [1.82, 2.24) is 0 Å². The van der Waals surface area contributed by atoms with Gasteiger partial charge in [0.15, 0.2) is 5.70 Å². The first-order chi connectivity index (χ1) is 15.5. The van der Waals surface area contributed by atoms with Gasteiger partial charge in [0.05, 0.1) is 5.02 Å². The van der Waals surface area contributed by atoms with Crippen LogP contribution in [-0.2, 0) is 9.53 Å². The molecule has 32 heavy (non-hydrogen) atoms. The van der Waals surface area contributed by atoms with Gasteiger partial charge in [0.1, 0.15) is 24.7 Å². The van der Waals surface area contributed by atoms with Crippen molar-refractivity contribution >= 4 is 41.1 Å². The Bertz CT molecular complexity index is 1210. The highest BCUT2D eigenvalue weighted by Crippen LogP contribution is 2.28. The fourth-order valence-electron chi connectivity index (χ4n) is 3.07. The molecule has 0 atom stereocenters. The molecule has 0 aliphatic carbocycles. The van der Waals surface area contributed by atoms with Crippen LogP contribution in [0.5, 0.6) is 11.5 Å². The lowest BCUT2D eigenvalue weighted by Gasteiger charge is -2.12. The minimum atomic E-state index is -0.503. The van der Waals surface area contributed by atoms with Gasteiger partial charge < -0.3 is 14.2 Å². The molecule has 7 heteroatoms. The number of ether oxygens (including phenoxy) is 3. The Labute approximate surface area is 195 Å². The fourth-order valence-corrected chi connectivity index (χ4v) is 3.53. The number of benzene rings is 3. The van der Waals surface area contributed by atoms with E-state index in [9.17, 15) is 4.79 Å². The topological polar surface area (TPSA) is 57.1 Å². The lowest BCUT2D eigenvalue weighted by Crippen LogP contribution is -2.10. The molecule has 3 aromatic carbocycles. The Hall–Kier alpha value is -3.28. The van der Waals surface area contributed by atoms with Crippen molar-refractivity contribution in [1.29, 1.82) is 0 Å². The van der Waals surface area contributed by atoms with E-state index in [0.717, 1.165) is 16.7 Å². The van der Waals surface area contributed by atoms with Gasteiger partial charge in [0.2, 0.25) is 5.90 Å². The third-order valence-corrected chi connectivity index (χ3v) is 5.12. The molecule has 0 saturated carbocycles. The van der Waals surface area contributed by atoms with Gasteiger partial charge in [-0.1, -0.05) is 53.0 Å². The summed E-state index contributed by atoms with van der Waals surface area (Å²) in [6, 6.07) is 20.0. The quantitative estimate of drug-likeness (QED) is 0.239. The minimum absolute atomic E-state index is 0.212. The monoisotopic (exact) mass is 467 g/mol. The summed E-state index contributed by atoms with van der Waals surface area (Å²) in [5.74, 6) is 0.912. The zero-order chi connectivity index (χ0) is 22.5. The zero-order valence-electron chi connectivity index (χ0n) is 17.2. The molecule has 1 aliphatic heterocycles. The summed E-state index contributed by atoms with van der Waals surface area (Å²) in [5.41, 5.74) is 2.69. The molecule has 0 unspecified atom stereocenters. The van der Waals surface area contributed by atoms with E-state index >= 15 is 0 Å². The molecule has 0 N–H and O–H groups in total. The molecule has 0 bridgehead atoms. The van der Waals surface area contributed by atoms with Gasteiger partial charge in [-0.3, -0.25) is 0 Å². The molecule has 0 radical (unpaired) electrons. The maximum atomic E-state index is 12.3. The van der Waals surface area contributed by atoms with E-state index in [4.69, 9.17) is 37.4 Å². The summed E-state index contributed by atoms with van der Waals surface area (Å²) in [7, 11) is 0. The van der Waals surface area contributed by atoms with Crippen molar-refractivity contribution in [3.05, 3.63) is 99.2 Å². The van der Waals surface area contributed by atoms with Crippen molar-refractivity contribution in [2.75, 3.05) is 13.2 Å². The molecule has 0 spiro atoms. The van der Waals surface area contributed by atoms with Crippen LogP contribution >= 0.6 is 23.2 Å². The van der Waals surface area contributed by atoms with Gasteiger partial charge in [0, 0.05) is 16.1 Å². The Morgan fingerprint density at radius 3 is 2.41 bits per heavy atom. The molecule has 1 aliphatic rings. The molecule has 0 fully saturated rings. The molecule has 5 nitrogen and oxygen atoms in total. The second kappa shape index (κ2) is 9.90. The van der Waals surface area contributed by atoms with E-state index in [0.29, 0.717) is 21.5 Å². The number of rotatable bonds is 7. The van der Waals surface area contributed by atoms with E-state index in [1.54, 1.807) is 24.3 Å². The summed E-state index contributed by atoms with van der Waals surface area (Å²) in [4.78, 5) is 16.7. The lowest BCUT2D eigenvalue weighted by molar-refractivity contribution is -0.129. The van der Waals surface area contributed by atoms with Crippen LogP contribution in [0, 0.1) is 6.92 Å². The van der Waals surface area contributed by atoms with Crippen LogP contribution < -0.4 is 9.47 Å². The van der Waals surface area contributed by atoms with Crippen molar-refractivity contribution in [2.45, 2.75) is 6.92 Å².